The van der Waals surface area contributed by atoms with E-state index in [9.17, 15) is 9.59 Å². The van der Waals surface area contributed by atoms with Crippen LogP contribution in [0.4, 0.5) is 5.69 Å². The van der Waals surface area contributed by atoms with Crippen molar-refractivity contribution in [3.05, 3.63) is 48.4 Å². The Kier molecular flexibility index (Phi) is 5.45. The minimum Gasteiger partial charge on any atom is -0.468 e. The summed E-state index contributed by atoms with van der Waals surface area (Å²) in [6, 6.07) is 11.3. The van der Waals surface area contributed by atoms with Crippen molar-refractivity contribution in [1.82, 2.24) is 10.2 Å². The van der Waals surface area contributed by atoms with Crippen LogP contribution in [-0.4, -0.2) is 42.6 Å². The number of carbonyl (C=O) groups is 2. The number of nitrogens with zero attached hydrogens (tertiary/aromatic N) is 1. The third kappa shape index (κ3) is 4.24. The molecule has 25 heavy (non-hydrogen) atoms. The summed E-state index contributed by atoms with van der Waals surface area (Å²) < 4.78 is 5.43. The van der Waals surface area contributed by atoms with E-state index in [0.717, 1.165) is 16.3 Å². The summed E-state index contributed by atoms with van der Waals surface area (Å²) in [6.07, 6.45) is 1.76. The number of hydrogen-bond acceptors (Lipinski definition) is 5. The molecule has 0 fully saturated rings. The van der Waals surface area contributed by atoms with Gasteiger partial charge < -0.3 is 15.1 Å². The fraction of sp³-hybridized carbons (Fsp3) is 0.333. The summed E-state index contributed by atoms with van der Waals surface area (Å²) in [4.78, 5) is 27.5. The van der Waals surface area contributed by atoms with Crippen LogP contribution in [0.3, 0.4) is 0 Å². The predicted molar refractivity (Wildman–Crippen MR) is 97.5 cm³/mol. The number of anilines is 1. The molecule has 2 aromatic rings. The molecule has 132 valence electrons. The average molecular weight is 359 g/mol. The van der Waals surface area contributed by atoms with Crippen LogP contribution in [0.1, 0.15) is 18.2 Å². The molecule has 0 unspecified atom stereocenters. The zero-order valence-corrected chi connectivity index (χ0v) is 15.0. The number of fused-ring (bicyclic) bond motifs is 1. The Labute approximate surface area is 151 Å². The van der Waals surface area contributed by atoms with E-state index in [1.807, 2.05) is 55.4 Å². The summed E-state index contributed by atoms with van der Waals surface area (Å²) in [7, 11) is 3.86. The second-order valence-corrected chi connectivity index (χ2v) is 7.34. The fourth-order valence-electron chi connectivity index (χ4n) is 2.70. The van der Waals surface area contributed by atoms with Crippen molar-refractivity contribution in [3.63, 3.8) is 0 Å². The first-order chi connectivity index (χ1) is 12.0. The summed E-state index contributed by atoms with van der Waals surface area (Å²) >= 11 is 1.43. The molecule has 1 aromatic carbocycles. The number of hydrogen-bond donors (Lipinski definition) is 2. The van der Waals surface area contributed by atoms with E-state index in [2.05, 4.69) is 10.6 Å². The average Bonchev–Trinajstić information content (AvgIpc) is 3.09. The van der Waals surface area contributed by atoms with Gasteiger partial charge in [0.05, 0.1) is 23.2 Å². The Morgan fingerprint density at radius 1 is 1.32 bits per heavy atom. The van der Waals surface area contributed by atoms with Gasteiger partial charge in [-0.2, -0.15) is 0 Å². The first-order valence-electron chi connectivity index (χ1n) is 8.07. The highest BCUT2D eigenvalue weighted by Crippen LogP contribution is 2.36. The number of benzene rings is 1. The van der Waals surface area contributed by atoms with Crippen LogP contribution in [0.25, 0.3) is 0 Å². The van der Waals surface area contributed by atoms with E-state index < -0.39 is 5.25 Å². The second kappa shape index (κ2) is 7.76. The topological polar surface area (TPSA) is 74.6 Å². The van der Waals surface area contributed by atoms with Crippen molar-refractivity contribution in [2.45, 2.75) is 22.6 Å². The summed E-state index contributed by atoms with van der Waals surface area (Å²) in [5.41, 5.74) is 0.805. The molecule has 0 bridgehead atoms. The fourth-order valence-corrected chi connectivity index (χ4v) is 3.81. The Morgan fingerprint density at radius 2 is 2.12 bits per heavy atom. The monoisotopic (exact) mass is 359 g/mol. The van der Waals surface area contributed by atoms with Crippen LogP contribution in [0.2, 0.25) is 0 Å². The van der Waals surface area contributed by atoms with Crippen LogP contribution >= 0.6 is 11.8 Å². The Balaban J connectivity index is 1.57. The molecule has 0 spiro atoms. The number of carbonyl (C=O) groups excluding carboxylic acids is 2. The smallest absolute Gasteiger partial charge is 0.238 e. The number of para-hydroxylation sites is 1. The normalized spacial score (nSPS) is 17.7. The standard InChI is InChI=1S/C18H21N3O3S/c1-21(2)13(14-7-5-9-24-14)11-19-17(22)10-16-18(23)20-12-6-3-4-8-15(12)25-16/h3-9,13,16H,10-11H2,1-2H3,(H,19,22)(H,20,23)/t13-,16-/m0/s1. The number of rotatable bonds is 6. The molecular formula is C18H21N3O3S. The molecule has 2 amide bonds. The SMILES string of the molecule is CN(C)[C@@H](CNC(=O)C[C@@H]1Sc2ccccc2NC1=O)c1ccco1. The molecule has 2 N–H and O–H groups in total. The summed E-state index contributed by atoms with van der Waals surface area (Å²) in [5.74, 6) is 0.517. The lowest BCUT2D eigenvalue weighted by molar-refractivity contribution is -0.124. The number of amides is 2. The zero-order valence-electron chi connectivity index (χ0n) is 14.2. The van der Waals surface area contributed by atoms with Gasteiger partial charge in [-0.05, 0) is 38.4 Å². The maximum absolute atomic E-state index is 12.3. The van der Waals surface area contributed by atoms with E-state index >= 15 is 0 Å². The van der Waals surface area contributed by atoms with Gasteiger partial charge in [0.1, 0.15) is 5.76 Å². The molecule has 3 rings (SSSR count). The number of furan rings is 1. The summed E-state index contributed by atoms with van der Waals surface area (Å²) in [6.45, 7) is 0.426. The lowest BCUT2D eigenvalue weighted by Gasteiger charge is -2.25. The number of likely N-dealkylation sites (N-methyl/N-ethyl adjacent to an activating group) is 1. The minimum absolute atomic E-state index is 0.0486. The van der Waals surface area contributed by atoms with Gasteiger partial charge in [0, 0.05) is 17.9 Å². The molecule has 2 atom stereocenters. The van der Waals surface area contributed by atoms with Crippen LogP contribution in [-0.2, 0) is 9.59 Å². The van der Waals surface area contributed by atoms with E-state index in [1.165, 1.54) is 11.8 Å². The van der Waals surface area contributed by atoms with Gasteiger partial charge in [-0.25, -0.2) is 0 Å². The van der Waals surface area contributed by atoms with Crippen molar-refractivity contribution in [3.8, 4) is 0 Å². The highest BCUT2D eigenvalue weighted by atomic mass is 32.2. The molecule has 2 heterocycles. The zero-order chi connectivity index (χ0) is 17.8. The van der Waals surface area contributed by atoms with Gasteiger partial charge in [0.25, 0.3) is 0 Å². The first kappa shape index (κ1) is 17.6. The largest absolute Gasteiger partial charge is 0.468 e. The van der Waals surface area contributed by atoms with Crippen LogP contribution < -0.4 is 10.6 Å². The Hall–Kier alpha value is -2.25. The van der Waals surface area contributed by atoms with Gasteiger partial charge in [-0.3, -0.25) is 14.5 Å². The molecule has 6 nitrogen and oxygen atoms in total. The number of nitrogens with one attached hydrogen (secondary N) is 2. The van der Waals surface area contributed by atoms with E-state index in [1.54, 1.807) is 6.26 Å². The van der Waals surface area contributed by atoms with Crippen LogP contribution in [0.15, 0.2) is 52.0 Å². The van der Waals surface area contributed by atoms with E-state index in [-0.39, 0.29) is 24.3 Å². The van der Waals surface area contributed by atoms with Crippen LogP contribution in [0.5, 0.6) is 0 Å². The van der Waals surface area contributed by atoms with Gasteiger partial charge in [0.2, 0.25) is 11.8 Å². The second-order valence-electron chi connectivity index (χ2n) is 6.09. The van der Waals surface area contributed by atoms with E-state index in [4.69, 9.17) is 4.42 Å². The van der Waals surface area contributed by atoms with Crippen molar-refractivity contribution < 1.29 is 14.0 Å². The molecule has 1 aliphatic rings. The summed E-state index contributed by atoms with van der Waals surface area (Å²) in [5, 5.41) is 5.35. The molecular weight excluding hydrogens is 338 g/mol. The van der Waals surface area contributed by atoms with Crippen molar-refractivity contribution in [2.24, 2.45) is 0 Å². The molecule has 0 aliphatic carbocycles. The highest BCUT2D eigenvalue weighted by Gasteiger charge is 2.29. The molecule has 0 saturated heterocycles. The Morgan fingerprint density at radius 3 is 2.84 bits per heavy atom. The van der Waals surface area contributed by atoms with Gasteiger partial charge in [-0.15, -0.1) is 11.8 Å². The molecule has 0 saturated carbocycles. The van der Waals surface area contributed by atoms with E-state index in [0.29, 0.717) is 6.54 Å². The van der Waals surface area contributed by atoms with Gasteiger partial charge in [0.15, 0.2) is 0 Å². The van der Waals surface area contributed by atoms with Crippen molar-refractivity contribution >= 4 is 29.3 Å². The molecule has 0 radical (unpaired) electrons. The third-order valence-corrected chi connectivity index (χ3v) is 5.34. The molecule has 1 aromatic heterocycles. The lowest BCUT2D eigenvalue weighted by atomic mass is 10.2. The van der Waals surface area contributed by atoms with Crippen LogP contribution in [0, 0.1) is 0 Å². The van der Waals surface area contributed by atoms with Crippen molar-refractivity contribution in [2.75, 3.05) is 26.0 Å². The Bertz CT molecular complexity index is 746. The van der Waals surface area contributed by atoms with Crippen molar-refractivity contribution in [1.29, 1.82) is 0 Å². The highest BCUT2D eigenvalue weighted by molar-refractivity contribution is 8.01. The first-order valence-corrected chi connectivity index (χ1v) is 8.95. The van der Waals surface area contributed by atoms with Gasteiger partial charge >= 0.3 is 0 Å². The molecule has 1 aliphatic heterocycles. The third-order valence-electron chi connectivity index (χ3n) is 4.06. The predicted octanol–water partition coefficient (Wildman–Crippen LogP) is 2.50. The lowest BCUT2D eigenvalue weighted by Crippen LogP contribution is -2.38. The maximum atomic E-state index is 12.3. The van der Waals surface area contributed by atoms with Gasteiger partial charge in [-0.1, -0.05) is 12.1 Å². The number of thioether (sulfide) groups is 1. The molecule has 7 heteroatoms. The quantitative estimate of drug-likeness (QED) is 0.829. The minimum atomic E-state index is -0.420. The maximum Gasteiger partial charge on any atom is 0.238 e.